The smallest absolute Gasteiger partial charge is 0.417 e. The number of H-pyrrole nitrogens is 1. The van der Waals surface area contributed by atoms with E-state index >= 15 is 0 Å². The highest BCUT2D eigenvalue weighted by molar-refractivity contribution is 6.32. The van der Waals surface area contributed by atoms with E-state index < -0.39 is 45.6 Å². The zero-order chi connectivity index (χ0) is 27.6. The molecule has 0 aliphatic carbocycles. The number of cyclic esters (lactones) is 1. The Balaban J connectivity index is 1.46. The molecule has 200 valence electrons. The third kappa shape index (κ3) is 5.59. The van der Waals surface area contributed by atoms with Crippen molar-refractivity contribution in [2.24, 2.45) is 0 Å². The van der Waals surface area contributed by atoms with Gasteiger partial charge in [-0.15, -0.1) is 0 Å². The molecule has 0 unspecified atom stereocenters. The molecule has 0 atom stereocenters. The van der Waals surface area contributed by atoms with Gasteiger partial charge in [0.15, 0.2) is 0 Å². The van der Waals surface area contributed by atoms with Crippen molar-refractivity contribution in [2.75, 3.05) is 24.7 Å². The number of halogens is 4. The molecule has 1 amide bonds. The molecule has 0 saturated carbocycles. The van der Waals surface area contributed by atoms with Gasteiger partial charge in [0, 0.05) is 6.20 Å². The number of rotatable bonds is 7. The highest BCUT2D eigenvalue weighted by Crippen LogP contribution is 2.36. The first kappa shape index (κ1) is 27.0. The molecule has 13 heteroatoms. The number of esters is 1. The third-order valence-electron chi connectivity index (χ3n) is 5.88. The third-order valence-corrected chi connectivity index (χ3v) is 6.33. The number of ether oxygens (including phenoxy) is 2. The second-order valence-electron chi connectivity index (χ2n) is 8.42. The van der Waals surface area contributed by atoms with E-state index in [0.717, 1.165) is 16.8 Å². The van der Waals surface area contributed by atoms with Crippen LogP contribution in [0.25, 0.3) is 5.69 Å². The summed E-state index contributed by atoms with van der Waals surface area (Å²) in [5.74, 6) is -1.01. The van der Waals surface area contributed by atoms with Crippen LogP contribution < -0.4 is 16.1 Å². The number of anilines is 1. The molecular weight excluding hydrogens is 531 g/mol. The number of aromatic nitrogens is 2. The summed E-state index contributed by atoms with van der Waals surface area (Å²) in [6.07, 6.45) is -3.79. The van der Waals surface area contributed by atoms with Crippen molar-refractivity contribution in [2.45, 2.75) is 25.9 Å². The van der Waals surface area contributed by atoms with Crippen LogP contribution in [-0.4, -0.2) is 41.4 Å². The summed E-state index contributed by atoms with van der Waals surface area (Å²) in [6.45, 7) is 2.17. The number of carbonyl (C=O) groups is 2. The van der Waals surface area contributed by atoms with E-state index in [1.54, 1.807) is 25.1 Å². The molecule has 1 N–H and O–H groups in total. The lowest BCUT2D eigenvalue weighted by molar-refractivity contribution is -0.137. The van der Waals surface area contributed by atoms with Crippen LogP contribution in [0.15, 0.2) is 52.2 Å². The Hall–Kier alpha value is -4.06. The van der Waals surface area contributed by atoms with Gasteiger partial charge in [0.1, 0.15) is 12.2 Å². The van der Waals surface area contributed by atoms with Crippen molar-refractivity contribution < 1.29 is 32.2 Å². The molecule has 9 nitrogen and oxygen atoms in total. The standard InChI is InChI=1S/C25H21ClF3N3O6/c1-14-12-16(7-8-19(14)31-9-11-38-24(31)36)32-13-17(21(33)30-23(32)35)22(34)37-10-3-5-15-4-2-6-18(20(15)26)25(27,28)29/h2,4,6-8,12-13H,3,5,9-11H2,1H3,(H,30,33,35). The summed E-state index contributed by atoms with van der Waals surface area (Å²) in [5, 5.41) is -0.419. The maximum Gasteiger partial charge on any atom is 0.417 e. The Kier molecular flexibility index (Phi) is 7.63. The van der Waals surface area contributed by atoms with Crippen LogP contribution >= 0.6 is 11.6 Å². The summed E-state index contributed by atoms with van der Waals surface area (Å²) >= 11 is 5.88. The first-order valence-corrected chi connectivity index (χ1v) is 11.8. The van der Waals surface area contributed by atoms with Gasteiger partial charge in [-0.25, -0.2) is 14.4 Å². The van der Waals surface area contributed by atoms with Crippen molar-refractivity contribution >= 4 is 29.4 Å². The van der Waals surface area contributed by atoms with Crippen molar-refractivity contribution in [1.29, 1.82) is 0 Å². The van der Waals surface area contributed by atoms with E-state index in [-0.39, 0.29) is 31.6 Å². The van der Waals surface area contributed by atoms with Crippen LogP contribution in [0.1, 0.15) is 33.5 Å². The number of amides is 1. The normalized spacial score (nSPS) is 13.5. The lowest BCUT2D eigenvalue weighted by Crippen LogP contribution is -2.33. The molecule has 3 aromatic rings. The van der Waals surface area contributed by atoms with Crippen molar-refractivity contribution in [3.8, 4) is 5.69 Å². The zero-order valence-electron chi connectivity index (χ0n) is 19.9. The van der Waals surface area contributed by atoms with Gasteiger partial charge in [-0.3, -0.25) is 19.2 Å². The molecule has 1 aromatic heterocycles. The monoisotopic (exact) mass is 551 g/mol. The van der Waals surface area contributed by atoms with Crippen LogP contribution in [0.3, 0.4) is 0 Å². The molecule has 1 saturated heterocycles. The number of carbonyl (C=O) groups excluding carboxylic acids is 2. The van der Waals surface area contributed by atoms with Gasteiger partial charge in [0.05, 0.1) is 35.1 Å². The molecule has 2 heterocycles. The molecule has 0 spiro atoms. The maximum absolute atomic E-state index is 13.0. The van der Waals surface area contributed by atoms with Crippen molar-refractivity contribution in [1.82, 2.24) is 9.55 Å². The minimum absolute atomic E-state index is 0.0993. The van der Waals surface area contributed by atoms with E-state index in [2.05, 4.69) is 4.98 Å². The van der Waals surface area contributed by atoms with Gasteiger partial charge in [-0.05, 0) is 55.2 Å². The lowest BCUT2D eigenvalue weighted by atomic mass is 10.1. The average molecular weight is 552 g/mol. The number of aryl methyl sites for hydroxylation is 2. The van der Waals surface area contributed by atoms with Gasteiger partial charge in [0.25, 0.3) is 5.56 Å². The fraction of sp³-hybridized carbons (Fsp3) is 0.280. The highest BCUT2D eigenvalue weighted by atomic mass is 35.5. The van der Waals surface area contributed by atoms with Gasteiger partial charge in [-0.2, -0.15) is 13.2 Å². The average Bonchev–Trinajstić information content (AvgIpc) is 3.27. The predicted octanol–water partition coefficient (Wildman–Crippen LogP) is 4.25. The SMILES string of the molecule is Cc1cc(-n2cc(C(=O)OCCCc3cccc(C(F)(F)F)c3Cl)c(=O)[nH]c2=O)ccc1N1CCOC1=O. The number of nitrogens with zero attached hydrogens (tertiary/aromatic N) is 2. The Bertz CT molecular complexity index is 1520. The molecule has 0 bridgehead atoms. The van der Waals surface area contributed by atoms with Gasteiger partial charge >= 0.3 is 23.9 Å². The van der Waals surface area contributed by atoms with Crippen molar-refractivity contribution in [3.05, 3.63) is 90.7 Å². The quantitative estimate of drug-likeness (QED) is 0.347. The Morgan fingerprint density at radius 3 is 2.61 bits per heavy atom. The fourth-order valence-electron chi connectivity index (χ4n) is 4.01. The van der Waals surface area contributed by atoms with Crippen LogP contribution in [0.2, 0.25) is 5.02 Å². The van der Waals surface area contributed by atoms with E-state index in [1.165, 1.54) is 17.0 Å². The Morgan fingerprint density at radius 1 is 1.18 bits per heavy atom. The molecule has 4 rings (SSSR count). The van der Waals surface area contributed by atoms with Crippen LogP contribution in [0.4, 0.5) is 23.7 Å². The molecular formula is C25H21ClF3N3O6. The Morgan fingerprint density at radius 2 is 1.95 bits per heavy atom. The molecule has 1 fully saturated rings. The largest absolute Gasteiger partial charge is 0.462 e. The summed E-state index contributed by atoms with van der Waals surface area (Å²) in [6, 6.07) is 8.33. The number of aromatic amines is 1. The number of hydrogen-bond donors (Lipinski definition) is 1. The van der Waals surface area contributed by atoms with Gasteiger partial charge in [0.2, 0.25) is 0 Å². The second-order valence-corrected chi connectivity index (χ2v) is 8.80. The van der Waals surface area contributed by atoms with E-state index in [4.69, 9.17) is 21.1 Å². The molecule has 1 aliphatic rings. The summed E-state index contributed by atoms with van der Waals surface area (Å²) < 4.78 is 50.2. The summed E-state index contributed by atoms with van der Waals surface area (Å²) in [4.78, 5) is 52.7. The fourth-order valence-corrected chi connectivity index (χ4v) is 4.34. The summed E-state index contributed by atoms with van der Waals surface area (Å²) in [5.41, 5.74) is -1.33. The lowest BCUT2D eigenvalue weighted by Gasteiger charge is -2.17. The number of benzene rings is 2. The van der Waals surface area contributed by atoms with E-state index in [1.807, 2.05) is 0 Å². The van der Waals surface area contributed by atoms with Crippen LogP contribution in [-0.2, 0) is 22.1 Å². The van der Waals surface area contributed by atoms with Gasteiger partial charge < -0.3 is 9.47 Å². The maximum atomic E-state index is 13.0. The number of hydrogen-bond acceptors (Lipinski definition) is 6. The van der Waals surface area contributed by atoms with Gasteiger partial charge in [-0.1, -0.05) is 23.7 Å². The second kappa shape index (κ2) is 10.7. The molecule has 1 aliphatic heterocycles. The van der Waals surface area contributed by atoms with E-state index in [0.29, 0.717) is 23.5 Å². The minimum atomic E-state index is -4.59. The number of nitrogens with one attached hydrogen (secondary N) is 1. The first-order valence-electron chi connectivity index (χ1n) is 11.4. The summed E-state index contributed by atoms with van der Waals surface area (Å²) in [7, 11) is 0. The Labute approximate surface area is 218 Å². The van der Waals surface area contributed by atoms with Crippen LogP contribution in [0.5, 0.6) is 0 Å². The zero-order valence-corrected chi connectivity index (χ0v) is 20.7. The van der Waals surface area contributed by atoms with E-state index in [9.17, 15) is 32.3 Å². The van der Waals surface area contributed by atoms with Crippen molar-refractivity contribution in [3.63, 3.8) is 0 Å². The van der Waals surface area contributed by atoms with Crippen LogP contribution in [0, 0.1) is 6.92 Å². The molecule has 0 radical (unpaired) electrons. The number of alkyl halides is 3. The molecule has 2 aromatic carbocycles. The predicted molar refractivity (Wildman–Crippen MR) is 131 cm³/mol. The molecule has 38 heavy (non-hydrogen) atoms. The highest BCUT2D eigenvalue weighted by Gasteiger charge is 2.33. The first-order chi connectivity index (χ1) is 18.0. The topological polar surface area (TPSA) is 111 Å². The minimum Gasteiger partial charge on any atom is -0.462 e.